The van der Waals surface area contributed by atoms with Crippen LogP contribution in [0.5, 0.6) is 0 Å². The Morgan fingerprint density at radius 1 is 0.333 bits per heavy atom. The molecule has 17 nitrogen and oxygen atoms in total. The predicted molar refractivity (Wildman–Crippen MR) is 349 cm³/mol. The van der Waals surface area contributed by atoms with Gasteiger partial charge in [0.25, 0.3) is 0 Å². The van der Waals surface area contributed by atoms with Crippen LogP contribution in [0.2, 0.25) is 0 Å². The molecule has 0 saturated heterocycles. The van der Waals surface area contributed by atoms with Gasteiger partial charge >= 0.3 is 39.5 Å². The Labute approximate surface area is 530 Å². The monoisotopic (exact) mass is 1280 g/mol. The van der Waals surface area contributed by atoms with Gasteiger partial charge in [0.05, 0.1) is 26.4 Å². The molecule has 0 spiro atoms. The Kier molecular flexibility index (Phi) is 57.8. The number of hydrogen-bond donors (Lipinski definition) is 3. The van der Waals surface area contributed by atoms with Crippen LogP contribution in [0.1, 0.15) is 337 Å². The van der Waals surface area contributed by atoms with E-state index in [4.69, 9.17) is 37.0 Å². The molecule has 516 valence electrons. The standard InChI is InChI=1S/C68H132O17P2/c1-8-10-11-12-25-35-42-49-65(70)78-55-63(85-68(73)52-45-38-31-24-27-33-40-47-60(5)6)57-82-86(74,75)80-53-62(69)54-81-87(76,77)83-58-64(56-79-66(71)50-43-36-29-23-22-28-34-41-48-61(7)9-2)84-67(72)51-44-37-30-21-19-17-15-13-14-16-18-20-26-32-39-46-59(3)4/h59-64,69H,8-58H2,1-7H3,(H,74,75)(H,76,77)/t61?,62-,63+,64+/m0/s1. The number of hydrogen-bond acceptors (Lipinski definition) is 15. The van der Waals surface area contributed by atoms with Crippen molar-refractivity contribution in [1.29, 1.82) is 0 Å². The van der Waals surface area contributed by atoms with E-state index in [1.54, 1.807) is 0 Å². The normalized spacial score (nSPS) is 14.6. The number of phosphoric acid groups is 2. The van der Waals surface area contributed by atoms with Crippen LogP contribution in [0.3, 0.4) is 0 Å². The molecule has 0 amide bonds. The highest BCUT2D eigenvalue weighted by molar-refractivity contribution is 7.47. The van der Waals surface area contributed by atoms with Crippen molar-refractivity contribution in [3.63, 3.8) is 0 Å². The fourth-order valence-electron chi connectivity index (χ4n) is 10.2. The van der Waals surface area contributed by atoms with Crippen molar-refractivity contribution < 1.29 is 80.2 Å². The van der Waals surface area contributed by atoms with Crippen molar-refractivity contribution in [2.75, 3.05) is 39.6 Å². The summed E-state index contributed by atoms with van der Waals surface area (Å²) in [5.74, 6) is 0.140. The molecule has 0 aromatic carbocycles. The van der Waals surface area contributed by atoms with Crippen LogP contribution in [0, 0.1) is 17.8 Å². The first-order chi connectivity index (χ1) is 41.8. The zero-order chi connectivity index (χ0) is 64.5. The molecule has 87 heavy (non-hydrogen) atoms. The average Bonchev–Trinajstić information content (AvgIpc) is 3.58. The summed E-state index contributed by atoms with van der Waals surface area (Å²) in [6, 6.07) is 0. The van der Waals surface area contributed by atoms with E-state index in [1.807, 2.05) is 0 Å². The molecule has 0 bridgehead atoms. The first kappa shape index (κ1) is 85.1. The third kappa shape index (κ3) is 61.3. The van der Waals surface area contributed by atoms with Crippen molar-refractivity contribution in [3.05, 3.63) is 0 Å². The predicted octanol–water partition coefficient (Wildman–Crippen LogP) is 19.1. The molecule has 6 atom stereocenters. The van der Waals surface area contributed by atoms with Crippen molar-refractivity contribution in [2.24, 2.45) is 17.8 Å². The minimum absolute atomic E-state index is 0.103. The van der Waals surface area contributed by atoms with Crippen LogP contribution in [0.25, 0.3) is 0 Å². The lowest BCUT2D eigenvalue weighted by Gasteiger charge is -2.21. The number of aliphatic hydroxyl groups excluding tert-OH is 1. The highest BCUT2D eigenvalue weighted by Gasteiger charge is 2.30. The van der Waals surface area contributed by atoms with Gasteiger partial charge in [-0.1, -0.05) is 286 Å². The van der Waals surface area contributed by atoms with Gasteiger partial charge in [-0.2, -0.15) is 0 Å². The summed E-state index contributed by atoms with van der Waals surface area (Å²) in [7, 11) is -9.89. The molecule has 3 unspecified atom stereocenters. The van der Waals surface area contributed by atoms with E-state index in [0.29, 0.717) is 31.6 Å². The number of carbonyl (C=O) groups is 4. The first-order valence-electron chi connectivity index (χ1n) is 35.4. The summed E-state index contributed by atoms with van der Waals surface area (Å²) in [5, 5.41) is 10.6. The topological polar surface area (TPSA) is 237 Å². The van der Waals surface area contributed by atoms with Gasteiger partial charge in [-0.25, -0.2) is 9.13 Å². The van der Waals surface area contributed by atoms with Crippen LogP contribution < -0.4 is 0 Å². The minimum Gasteiger partial charge on any atom is -0.462 e. The number of unbranched alkanes of at least 4 members (excludes halogenated alkanes) is 33. The average molecular weight is 1280 g/mol. The van der Waals surface area contributed by atoms with Gasteiger partial charge in [-0.05, 0) is 43.4 Å². The number of carbonyl (C=O) groups excluding carboxylic acids is 4. The molecule has 0 heterocycles. The molecular weight excluding hydrogens is 1150 g/mol. The molecule has 3 N–H and O–H groups in total. The highest BCUT2D eigenvalue weighted by atomic mass is 31.2. The Balaban J connectivity index is 5.19. The zero-order valence-electron chi connectivity index (χ0n) is 56.5. The molecule has 0 fully saturated rings. The van der Waals surface area contributed by atoms with E-state index in [-0.39, 0.29) is 25.7 Å². The molecular formula is C68H132O17P2. The fourth-order valence-corrected chi connectivity index (χ4v) is 11.7. The van der Waals surface area contributed by atoms with E-state index in [0.717, 1.165) is 115 Å². The summed E-state index contributed by atoms with van der Waals surface area (Å²) < 4.78 is 68.1. The maximum Gasteiger partial charge on any atom is 0.472 e. The van der Waals surface area contributed by atoms with Crippen molar-refractivity contribution in [2.45, 2.75) is 356 Å². The summed E-state index contributed by atoms with van der Waals surface area (Å²) in [5.41, 5.74) is 0. The summed E-state index contributed by atoms with van der Waals surface area (Å²) >= 11 is 0. The van der Waals surface area contributed by atoms with Gasteiger partial charge < -0.3 is 33.8 Å². The number of aliphatic hydroxyl groups is 1. The molecule has 0 rings (SSSR count). The lowest BCUT2D eigenvalue weighted by Crippen LogP contribution is -2.30. The summed E-state index contributed by atoms with van der Waals surface area (Å²) in [6.07, 6.45) is 41.9. The van der Waals surface area contributed by atoms with Crippen LogP contribution in [0.15, 0.2) is 0 Å². The second kappa shape index (κ2) is 59.1. The van der Waals surface area contributed by atoms with Crippen LogP contribution >= 0.6 is 15.6 Å². The maximum atomic E-state index is 13.0. The highest BCUT2D eigenvalue weighted by Crippen LogP contribution is 2.45. The molecule has 0 aliphatic rings. The third-order valence-corrected chi connectivity index (χ3v) is 17.9. The van der Waals surface area contributed by atoms with E-state index >= 15 is 0 Å². The van der Waals surface area contributed by atoms with Crippen LogP contribution in [0.4, 0.5) is 0 Å². The SMILES string of the molecule is CCCCCCCCCC(=O)OC[C@H](COP(=O)(O)OC[C@H](O)COP(=O)(O)OC[C@@H](COC(=O)CCCCCCCCCCC(C)CC)OC(=O)CCCCCCCCCCCCCCCCCC(C)C)OC(=O)CCCCCCCCCC(C)C. The van der Waals surface area contributed by atoms with Gasteiger partial charge in [0.15, 0.2) is 12.2 Å². The minimum atomic E-state index is -4.95. The Hall–Kier alpha value is -1.94. The second-order valence-corrected chi connectivity index (χ2v) is 28.7. The third-order valence-electron chi connectivity index (χ3n) is 16.0. The lowest BCUT2D eigenvalue weighted by atomic mass is 9.99. The summed E-state index contributed by atoms with van der Waals surface area (Å²) in [6.45, 7) is 11.8. The number of phosphoric ester groups is 2. The molecule has 0 saturated carbocycles. The number of esters is 4. The van der Waals surface area contributed by atoms with Crippen molar-refractivity contribution >= 4 is 39.5 Å². The number of ether oxygens (including phenoxy) is 4. The van der Waals surface area contributed by atoms with E-state index in [2.05, 4.69) is 48.5 Å². The van der Waals surface area contributed by atoms with Gasteiger partial charge in [0, 0.05) is 25.7 Å². The van der Waals surface area contributed by atoms with Gasteiger partial charge in [0.1, 0.15) is 19.3 Å². The first-order valence-corrected chi connectivity index (χ1v) is 38.4. The molecule has 0 radical (unpaired) electrons. The largest absolute Gasteiger partial charge is 0.472 e. The van der Waals surface area contributed by atoms with Crippen molar-refractivity contribution in [1.82, 2.24) is 0 Å². The quantitative estimate of drug-likeness (QED) is 0.0222. The Bertz CT molecular complexity index is 1720. The van der Waals surface area contributed by atoms with Gasteiger partial charge in [-0.15, -0.1) is 0 Å². The Morgan fingerprint density at radius 2 is 0.586 bits per heavy atom. The van der Waals surface area contributed by atoms with Crippen LogP contribution in [-0.4, -0.2) is 96.7 Å². The Morgan fingerprint density at radius 3 is 0.874 bits per heavy atom. The molecule has 0 aliphatic carbocycles. The smallest absolute Gasteiger partial charge is 0.462 e. The molecule has 0 aliphatic heterocycles. The molecule has 0 aromatic heterocycles. The maximum absolute atomic E-state index is 13.0. The van der Waals surface area contributed by atoms with E-state index < -0.39 is 97.5 Å². The summed E-state index contributed by atoms with van der Waals surface area (Å²) in [4.78, 5) is 72.3. The van der Waals surface area contributed by atoms with Crippen molar-refractivity contribution in [3.8, 4) is 0 Å². The second-order valence-electron chi connectivity index (χ2n) is 25.8. The fraction of sp³-hybridized carbons (Fsp3) is 0.941. The number of rotatable bonds is 66. The van der Waals surface area contributed by atoms with E-state index in [1.165, 1.54) is 135 Å². The molecule has 0 aromatic rings. The van der Waals surface area contributed by atoms with Gasteiger partial charge in [-0.3, -0.25) is 37.3 Å². The zero-order valence-corrected chi connectivity index (χ0v) is 58.3. The van der Waals surface area contributed by atoms with Crippen LogP contribution in [-0.2, 0) is 65.4 Å². The molecule has 19 heteroatoms. The lowest BCUT2D eigenvalue weighted by molar-refractivity contribution is -0.161. The van der Waals surface area contributed by atoms with Gasteiger partial charge in [0.2, 0.25) is 0 Å². The van der Waals surface area contributed by atoms with E-state index in [9.17, 15) is 43.2 Å².